The van der Waals surface area contributed by atoms with Gasteiger partial charge in [-0.3, -0.25) is 9.59 Å². The van der Waals surface area contributed by atoms with E-state index in [4.69, 9.17) is 0 Å². The monoisotopic (exact) mass is 543 g/mol. The van der Waals surface area contributed by atoms with Crippen molar-refractivity contribution in [1.29, 1.82) is 0 Å². The van der Waals surface area contributed by atoms with Crippen LogP contribution in [0.15, 0.2) is 47.1 Å². The van der Waals surface area contributed by atoms with E-state index in [0.717, 1.165) is 48.8 Å². The van der Waals surface area contributed by atoms with Gasteiger partial charge in [0.25, 0.3) is 0 Å². The molecule has 2 amide bonds. The third kappa shape index (κ3) is 8.23. The van der Waals surface area contributed by atoms with Crippen LogP contribution in [0.5, 0.6) is 0 Å². The van der Waals surface area contributed by atoms with Gasteiger partial charge in [0.2, 0.25) is 11.8 Å². The van der Waals surface area contributed by atoms with Gasteiger partial charge >= 0.3 is 0 Å². The van der Waals surface area contributed by atoms with Gasteiger partial charge in [-0.25, -0.2) is 0 Å². The summed E-state index contributed by atoms with van der Waals surface area (Å²) < 4.78 is 3.31. The predicted octanol–water partition coefficient (Wildman–Crippen LogP) is 6.49. The maximum atomic E-state index is 13.8. The molecule has 6 heteroatoms. The van der Waals surface area contributed by atoms with Crippen LogP contribution in [0.2, 0.25) is 0 Å². The fourth-order valence-electron chi connectivity index (χ4n) is 4.82. The molecule has 1 aromatic carbocycles. The van der Waals surface area contributed by atoms with Crippen LogP contribution >= 0.6 is 15.9 Å². The number of carbonyl (C=O) groups excluding carboxylic acids is 2. The minimum Gasteiger partial charge on any atom is -0.345 e. The zero-order valence-corrected chi connectivity index (χ0v) is 23.5. The van der Waals surface area contributed by atoms with Crippen LogP contribution in [0.3, 0.4) is 0 Å². The van der Waals surface area contributed by atoms with Crippen LogP contribution in [0.1, 0.15) is 77.5 Å². The minimum atomic E-state index is -0.110. The lowest BCUT2D eigenvalue weighted by molar-refractivity contribution is -0.144. The number of nitrogens with zero attached hydrogens (tertiary/aromatic N) is 3. The molecular weight excluding hydrogens is 502 g/mol. The van der Waals surface area contributed by atoms with Gasteiger partial charge in [-0.2, -0.15) is 0 Å². The first kappa shape index (κ1) is 27.5. The van der Waals surface area contributed by atoms with Gasteiger partial charge in [0.15, 0.2) is 0 Å². The van der Waals surface area contributed by atoms with E-state index in [1.807, 2.05) is 13.8 Å². The van der Waals surface area contributed by atoms with Gasteiger partial charge in [-0.15, -0.1) is 0 Å². The molecule has 1 aromatic heterocycles. The lowest BCUT2D eigenvalue weighted by Crippen LogP contribution is -2.48. The molecule has 0 saturated heterocycles. The maximum Gasteiger partial charge on any atom is 0.242 e. The number of halogens is 1. The van der Waals surface area contributed by atoms with Crippen LogP contribution < -0.4 is 0 Å². The molecule has 1 fully saturated rings. The number of amides is 2. The Kier molecular flexibility index (Phi) is 10.4. The van der Waals surface area contributed by atoms with Gasteiger partial charge in [-0.05, 0) is 55.0 Å². The van der Waals surface area contributed by atoms with Crippen molar-refractivity contribution >= 4 is 27.7 Å². The van der Waals surface area contributed by atoms with Crippen molar-refractivity contribution in [2.75, 3.05) is 13.1 Å². The van der Waals surface area contributed by atoms with E-state index in [0.29, 0.717) is 19.0 Å². The van der Waals surface area contributed by atoms with Crippen molar-refractivity contribution in [1.82, 2.24) is 14.4 Å². The second kappa shape index (κ2) is 13.3. The first-order valence-corrected chi connectivity index (χ1v) is 14.0. The van der Waals surface area contributed by atoms with Crippen LogP contribution in [0.4, 0.5) is 0 Å². The van der Waals surface area contributed by atoms with Gasteiger partial charge < -0.3 is 14.4 Å². The maximum absolute atomic E-state index is 13.8. The van der Waals surface area contributed by atoms with Crippen LogP contribution in [0.25, 0.3) is 0 Å². The standard InChI is InChI=1S/C29H42BrN3O2/c1-22(2)16-18-32(29(35)23(3)4)21-28(34)33(26-9-6-5-7-10-26)20-27-11-8-17-31(27)19-24-12-14-25(30)15-13-24/h8,11-15,17,22-23,26H,5-7,9-10,16,18-21H2,1-4H3. The van der Waals surface area contributed by atoms with Crippen molar-refractivity contribution in [3.63, 3.8) is 0 Å². The molecule has 35 heavy (non-hydrogen) atoms. The zero-order chi connectivity index (χ0) is 25.4. The third-order valence-corrected chi connectivity index (χ3v) is 7.49. The fourth-order valence-corrected chi connectivity index (χ4v) is 5.09. The van der Waals surface area contributed by atoms with Crippen molar-refractivity contribution in [3.8, 4) is 0 Å². The van der Waals surface area contributed by atoms with Crippen LogP contribution in [-0.4, -0.2) is 45.3 Å². The van der Waals surface area contributed by atoms with Crippen LogP contribution in [0, 0.1) is 11.8 Å². The molecule has 1 saturated carbocycles. The normalized spacial score (nSPS) is 14.5. The molecule has 0 spiro atoms. The molecule has 5 nitrogen and oxygen atoms in total. The van der Waals surface area contributed by atoms with Crippen molar-refractivity contribution in [2.45, 2.75) is 85.4 Å². The summed E-state index contributed by atoms with van der Waals surface area (Å²) >= 11 is 3.51. The van der Waals surface area contributed by atoms with Crippen LogP contribution in [-0.2, 0) is 22.7 Å². The molecule has 1 heterocycles. The highest BCUT2D eigenvalue weighted by Gasteiger charge is 2.29. The Morgan fingerprint density at radius 3 is 2.34 bits per heavy atom. The van der Waals surface area contributed by atoms with Gasteiger partial charge in [0.05, 0.1) is 13.1 Å². The Labute approximate surface area is 220 Å². The Hall–Kier alpha value is -2.08. The SMILES string of the molecule is CC(C)CCN(CC(=O)N(Cc1cccn1Cc1ccc(Br)cc1)C1CCCCC1)C(=O)C(C)C. The summed E-state index contributed by atoms with van der Waals surface area (Å²) in [6.45, 7) is 10.3. The first-order valence-electron chi connectivity index (χ1n) is 13.2. The molecule has 2 aromatic rings. The van der Waals surface area contributed by atoms with Gasteiger partial charge in [0.1, 0.15) is 0 Å². The Morgan fingerprint density at radius 2 is 1.71 bits per heavy atom. The van der Waals surface area contributed by atoms with Gasteiger partial charge in [-0.1, -0.05) is 75.0 Å². The summed E-state index contributed by atoms with van der Waals surface area (Å²) in [6, 6.07) is 12.8. The lowest BCUT2D eigenvalue weighted by atomic mass is 9.94. The molecule has 0 bridgehead atoms. The molecule has 0 N–H and O–H groups in total. The summed E-state index contributed by atoms with van der Waals surface area (Å²) in [5, 5.41) is 0. The number of carbonyl (C=O) groups is 2. The van der Waals surface area contributed by atoms with E-state index in [1.165, 1.54) is 12.0 Å². The molecule has 0 unspecified atom stereocenters. The highest BCUT2D eigenvalue weighted by atomic mass is 79.9. The van der Waals surface area contributed by atoms with E-state index >= 15 is 0 Å². The van der Waals surface area contributed by atoms with E-state index in [2.05, 4.69) is 81.8 Å². The fraction of sp³-hybridized carbons (Fsp3) is 0.586. The molecule has 0 aliphatic heterocycles. The zero-order valence-electron chi connectivity index (χ0n) is 21.9. The van der Waals surface area contributed by atoms with Crippen molar-refractivity contribution in [2.24, 2.45) is 11.8 Å². The molecular formula is C29H42BrN3O2. The summed E-state index contributed by atoms with van der Waals surface area (Å²) in [5.41, 5.74) is 2.36. The molecule has 1 aliphatic rings. The lowest BCUT2D eigenvalue weighted by Gasteiger charge is -2.36. The van der Waals surface area contributed by atoms with E-state index in [9.17, 15) is 9.59 Å². The molecule has 1 aliphatic carbocycles. The summed E-state index contributed by atoms with van der Waals surface area (Å²) in [5.74, 6) is 0.525. The minimum absolute atomic E-state index is 0.0706. The largest absolute Gasteiger partial charge is 0.345 e. The number of rotatable bonds is 11. The average molecular weight is 545 g/mol. The van der Waals surface area contributed by atoms with Gasteiger partial charge in [0, 0.05) is 41.4 Å². The third-order valence-electron chi connectivity index (χ3n) is 6.97. The quantitative estimate of drug-likeness (QED) is 0.325. The highest BCUT2D eigenvalue weighted by Crippen LogP contribution is 2.25. The van der Waals surface area contributed by atoms with E-state index < -0.39 is 0 Å². The Morgan fingerprint density at radius 1 is 1.03 bits per heavy atom. The average Bonchev–Trinajstić information content (AvgIpc) is 3.27. The van der Waals surface area contributed by atoms with Crippen molar-refractivity contribution < 1.29 is 9.59 Å². The molecule has 3 rings (SSSR count). The van der Waals surface area contributed by atoms with Crippen molar-refractivity contribution in [3.05, 3.63) is 58.3 Å². The first-order chi connectivity index (χ1) is 16.7. The summed E-state index contributed by atoms with van der Waals surface area (Å²) in [4.78, 5) is 30.6. The smallest absolute Gasteiger partial charge is 0.242 e. The summed E-state index contributed by atoms with van der Waals surface area (Å²) in [7, 11) is 0. The van der Waals surface area contributed by atoms with E-state index in [-0.39, 0.29) is 30.3 Å². The Bertz CT molecular complexity index is 945. The highest BCUT2D eigenvalue weighted by molar-refractivity contribution is 9.10. The molecule has 0 radical (unpaired) electrons. The molecule has 0 atom stereocenters. The number of hydrogen-bond donors (Lipinski definition) is 0. The Balaban J connectivity index is 1.79. The second-order valence-corrected chi connectivity index (χ2v) is 11.6. The van der Waals surface area contributed by atoms with E-state index in [1.54, 1.807) is 4.90 Å². The topological polar surface area (TPSA) is 45.6 Å². The second-order valence-electron chi connectivity index (χ2n) is 10.7. The predicted molar refractivity (Wildman–Crippen MR) is 146 cm³/mol. The summed E-state index contributed by atoms with van der Waals surface area (Å²) in [6.07, 6.45) is 8.66. The number of benzene rings is 1. The number of hydrogen-bond acceptors (Lipinski definition) is 2. The molecule has 192 valence electrons. The number of aromatic nitrogens is 1.